The number of anilines is 1. The zero-order valence-corrected chi connectivity index (χ0v) is 18.0. The van der Waals surface area contributed by atoms with E-state index in [1.54, 1.807) is 30.0 Å². The maximum absolute atomic E-state index is 12.5. The Balaban J connectivity index is 2.28. The Morgan fingerprint density at radius 3 is 2.39 bits per heavy atom. The normalized spacial score (nSPS) is 12.8. The highest BCUT2D eigenvalue weighted by atomic mass is 32.2. The SMILES string of the molecule is COc1ccc([C@H](OC(=O)Nc2ccc(SC)cc2)[C@H](/C=C/C(=O)NO)OC)cc1O. The number of phenolic OH excluding ortho intramolecular Hbond substituents is 1. The molecule has 0 bridgehead atoms. The summed E-state index contributed by atoms with van der Waals surface area (Å²) in [6.07, 6.45) is 1.59. The number of phenols is 1. The van der Waals surface area contributed by atoms with Crippen LogP contribution in [0.25, 0.3) is 0 Å². The molecule has 0 aliphatic heterocycles. The highest BCUT2D eigenvalue weighted by Gasteiger charge is 2.27. The zero-order chi connectivity index (χ0) is 22.8. The van der Waals surface area contributed by atoms with Gasteiger partial charge in [0.25, 0.3) is 5.91 Å². The monoisotopic (exact) mass is 448 g/mol. The molecule has 0 heterocycles. The lowest BCUT2D eigenvalue weighted by atomic mass is 10.0. The molecule has 0 aromatic heterocycles. The molecular formula is C21H24N2O7S. The van der Waals surface area contributed by atoms with Crippen molar-refractivity contribution in [2.75, 3.05) is 25.8 Å². The molecule has 0 saturated carbocycles. The van der Waals surface area contributed by atoms with E-state index in [-0.39, 0.29) is 11.5 Å². The molecule has 166 valence electrons. The largest absolute Gasteiger partial charge is 0.504 e. The second-order valence-electron chi connectivity index (χ2n) is 6.15. The van der Waals surface area contributed by atoms with Crippen molar-refractivity contribution in [3.05, 3.63) is 60.2 Å². The quantitative estimate of drug-likeness (QED) is 0.199. The number of carbonyl (C=O) groups is 2. The number of rotatable bonds is 9. The van der Waals surface area contributed by atoms with Gasteiger partial charge in [-0.2, -0.15) is 0 Å². The highest BCUT2D eigenvalue weighted by Crippen LogP contribution is 2.33. The van der Waals surface area contributed by atoms with E-state index in [4.69, 9.17) is 19.4 Å². The fourth-order valence-corrected chi connectivity index (χ4v) is 3.08. The molecule has 2 aromatic carbocycles. The molecule has 9 nitrogen and oxygen atoms in total. The standard InChI is InChI=1S/C21H24N2O7S/c1-28-17-9-4-13(12-16(17)24)20(18(29-2)10-11-19(25)23-27)30-21(26)22-14-5-7-15(31-3)8-6-14/h4-12,18,20,24,27H,1-3H3,(H,22,26)(H,23,25)/b11-10+/t18-,20-/m0/s1. The lowest BCUT2D eigenvalue weighted by Gasteiger charge is -2.25. The van der Waals surface area contributed by atoms with E-state index in [0.29, 0.717) is 11.3 Å². The van der Waals surface area contributed by atoms with Gasteiger partial charge in [-0.15, -0.1) is 11.8 Å². The number of hydrogen-bond donors (Lipinski definition) is 4. The van der Waals surface area contributed by atoms with Crippen molar-refractivity contribution in [2.45, 2.75) is 17.1 Å². The van der Waals surface area contributed by atoms with Crippen LogP contribution >= 0.6 is 11.8 Å². The van der Waals surface area contributed by atoms with Gasteiger partial charge in [0.1, 0.15) is 6.10 Å². The van der Waals surface area contributed by atoms with Gasteiger partial charge in [-0.1, -0.05) is 6.07 Å². The molecule has 2 atom stereocenters. The first-order valence-electron chi connectivity index (χ1n) is 9.05. The Morgan fingerprint density at radius 1 is 1.13 bits per heavy atom. The number of aromatic hydroxyl groups is 1. The van der Waals surface area contributed by atoms with Crippen molar-refractivity contribution in [1.82, 2.24) is 5.48 Å². The van der Waals surface area contributed by atoms with Gasteiger partial charge in [-0.05, 0) is 54.3 Å². The van der Waals surface area contributed by atoms with Crippen molar-refractivity contribution < 1.29 is 34.1 Å². The minimum Gasteiger partial charge on any atom is -0.504 e. The van der Waals surface area contributed by atoms with Crippen LogP contribution in [0.5, 0.6) is 11.5 Å². The summed E-state index contributed by atoms with van der Waals surface area (Å²) in [4.78, 5) is 25.0. The van der Waals surface area contributed by atoms with Gasteiger partial charge >= 0.3 is 6.09 Å². The van der Waals surface area contributed by atoms with Gasteiger partial charge in [-0.25, -0.2) is 10.3 Å². The first-order valence-corrected chi connectivity index (χ1v) is 10.3. The topological polar surface area (TPSA) is 126 Å². The van der Waals surface area contributed by atoms with Gasteiger partial charge < -0.3 is 19.3 Å². The summed E-state index contributed by atoms with van der Waals surface area (Å²) >= 11 is 1.57. The molecule has 0 aliphatic carbocycles. The van der Waals surface area contributed by atoms with E-state index in [0.717, 1.165) is 11.0 Å². The van der Waals surface area contributed by atoms with Crippen molar-refractivity contribution in [1.29, 1.82) is 0 Å². The highest BCUT2D eigenvalue weighted by molar-refractivity contribution is 7.98. The molecule has 4 N–H and O–H groups in total. The molecule has 10 heteroatoms. The molecular weight excluding hydrogens is 424 g/mol. The predicted molar refractivity (Wildman–Crippen MR) is 116 cm³/mol. The van der Waals surface area contributed by atoms with Crippen LogP contribution in [0.1, 0.15) is 11.7 Å². The minimum atomic E-state index is -1.03. The van der Waals surface area contributed by atoms with Gasteiger partial charge in [0.2, 0.25) is 0 Å². The Hall–Kier alpha value is -3.21. The summed E-state index contributed by atoms with van der Waals surface area (Å²) in [5.74, 6) is -0.699. The van der Waals surface area contributed by atoms with Crippen molar-refractivity contribution >= 4 is 29.4 Å². The number of hydroxylamine groups is 1. The molecule has 0 spiro atoms. The molecule has 0 aliphatic rings. The van der Waals surface area contributed by atoms with Crippen LogP contribution in [0, 0.1) is 0 Å². The smallest absolute Gasteiger partial charge is 0.412 e. The van der Waals surface area contributed by atoms with E-state index in [1.807, 2.05) is 18.4 Å². The number of carbonyl (C=O) groups excluding carboxylic acids is 2. The molecule has 0 fully saturated rings. The van der Waals surface area contributed by atoms with Gasteiger partial charge in [0.05, 0.1) is 7.11 Å². The Labute approximate surface area is 184 Å². The number of amides is 2. The van der Waals surface area contributed by atoms with E-state index < -0.39 is 24.2 Å². The van der Waals surface area contributed by atoms with Gasteiger partial charge in [0.15, 0.2) is 17.6 Å². The average molecular weight is 448 g/mol. The Kier molecular flexibility index (Phi) is 9.19. The number of thioether (sulfide) groups is 1. The molecule has 31 heavy (non-hydrogen) atoms. The number of nitrogens with one attached hydrogen (secondary N) is 2. The van der Waals surface area contributed by atoms with Crippen LogP contribution < -0.4 is 15.5 Å². The summed E-state index contributed by atoms with van der Waals surface area (Å²) < 4.78 is 16.0. The van der Waals surface area contributed by atoms with E-state index in [9.17, 15) is 14.7 Å². The first-order chi connectivity index (χ1) is 14.9. The third kappa shape index (κ3) is 6.92. The fraction of sp³-hybridized carbons (Fsp3) is 0.238. The van der Waals surface area contributed by atoms with Gasteiger partial charge in [0, 0.05) is 23.8 Å². The maximum atomic E-state index is 12.5. The number of ether oxygens (including phenoxy) is 3. The number of benzene rings is 2. The van der Waals surface area contributed by atoms with Crippen LogP contribution in [0.4, 0.5) is 10.5 Å². The summed E-state index contributed by atoms with van der Waals surface area (Å²) in [6.45, 7) is 0. The molecule has 0 unspecified atom stereocenters. The lowest BCUT2D eigenvalue weighted by Crippen LogP contribution is -2.27. The summed E-state index contributed by atoms with van der Waals surface area (Å²) in [7, 11) is 2.78. The summed E-state index contributed by atoms with van der Waals surface area (Å²) in [5.41, 5.74) is 2.40. The van der Waals surface area contributed by atoms with Crippen molar-refractivity contribution in [3.8, 4) is 11.5 Å². The van der Waals surface area contributed by atoms with Crippen LogP contribution in [-0.2, 0) is 14.3 Å². The Morgan fingerprint density at radius 2 is 1.84 bits per heavy atom. The number of hydrogen-bond acceptors (Lipinski definition) is 8. The summed E-state index contributed by atoms with van der Waals surface area (Å²) in [6, 6.07) is 11.7. The van der Waals surface area contributed by atoms with Crippen molar-refractivity contribution in [3.63, 3.8) is 0 Å². The third-order valence-corrected chi connectivity index (χ3v) is 4.96. The van der Waals surface area contributed by atoms with Crippen LogP contribution in [0.3, 0.4) is 0 Å². The second-order valence-corrected chi connectivity index (χ2v) is 7.03. The molecule has 0 radical (unpaired) electrons. The minimum absolute atomic E-state index is 0.159. The predicted octanol–water partition coefficient (Wildman–Crippen LogP) is 3.49. The Bertz CT molecular complexity index is 918. The molecule has 2 amide bonds. The van der Waals surface area contributed by atoms with Crippen LogP contribution in [-0.4, -0.2) is 48.9 Å². The van der Waals surface area contributed by atoms with E-state index in [2.05, 4.69) is 5.32 Å². The van der Waals surface area contributed by atoms with Crippen LogP contribution in [0.2, 0.25) is 0 Å². The fourth-order valence-electron chi connectivity index (χ4n) is 2.67. The number of methoxy groups -OCH3 is 2. The summed E-state index contributed by atoms with van der Waals surface area (Å²) in [5, 5.41) is 21.4. The molecule has 0 saturated heterocycles. The first kappa shape index (κ1) is 24.1. The third-order valence-electron chi connectivity index (χ3n) is 4.22. The van der Waals surface area contributed by atoms with E-state index >= 15 is 0 Å². The second kappa shape index (κ2) is 11.8. The van der Waals surface area contributed by atoms with Gasteiger partial charge in [-0.3, -0.25) is 15.3 Å². The maximum Gasteiger partial charge on any atom is 0.412 e. The zero-order valence-electron chi connectivity index (χ0n) is 17.2. The van der Waals surface area contributed by atoms with E-state index in [1.165, 1.54) is 37.9 Å². The molecule has 2 rings (SSSR count). The van der Waals surface area contributed by atoms with Crippen LogP contribution in [0.15, 0.2) is 59.5 Å². The molecule has 2 aromatic rings. The van der Waals surface area contributed by atoms with Crippen molar-refractivity contribution in [2.24, 2.45) is 0 Å². The average Bonchev–Trinajstić information content (AvgIpc) is 2.78. The lowest BCUT2D eigenvalue weighted by molar-refractivity contribution is -0.124.